The van der Waals surface area contributed by atoms with Crippen LogP contribution in [0.15, 0.2) is 60.7 Å². The Morgan fingerprint density at radius 3 is 2.37 bits per heavy atom. The van der Waals surface area contributed by atoms with Crippen LogP contribution in [0.25, 0.3) is 0 Å². The summed E-state index contributed by atoms with van der Waals surface area (Å²) in [7, 11) is 3.11. The van der Waals surface area contributed by atoms with Crippen LogP contribution in [0.2, 0.25) is 0 Å². The lowest BCUT2D eigenvalue weighted by Crippen LogP contribution is -2.53. The number of rotatable bonds is 18. The molecule has 284 valence electrons. The number of ketones is 1. The zero-order valence-electron chi connectivity index (χ0n) is 31.9. The van der Waals surface area contributed by atoms with Crippen molar-refractivity contribution in [2.75, 3.05) is 34.0 Å². The molecule has 2 aromatic carbocycles. The highest BCUT2D eigenvalue weighted by Gasteiger charge is 2.42. The van der Waals surface area contributed by atoms with Crippen LogP contribution in [0.5, 0.6) is 23.0 Å². The monoisotopic (exact) mass is 721 g/mol. The summed E-state index contributed by atoms with van der Waals surface area (Å²) < 4.78 is 28.3. The molecule has 3 rings (SSSR count). The molecule has 0 bridgehead atoms. The molecule has 1 saturated heterocycles. The Bertz CT molecular complexity index is 1610. The second-order valence-electron chi connectivity index (χ2n) is 14.4. The number of methoxy groups -OCH3 is 2. The van der Waals surface area contributed by atoms with Crippen molar-refractivity contribution in [1.82, 2.24) is 4.90 Å². The van der Waals surface area contributed by atoms with E-state index in [2.05, 4.69) is 6.58 Å². The summed E-state index contributed by atoms with van der Waals surface area (Å²) in [5.41, 5.74) is 0.942. The highest BCUT2D eigenvalue weighted by atomic mass is 16.5. The van der Waals surface area contributed by atoms with Gasteiger partial charge in [0.1, 0.15) is 36.9 Å². The van der Waals surface area contributed by atoms with Crippen LogP contribution in [0.3, 0.4) is 0 Å². The third-order valence-electron chi connectivity index (χ3n) is 8.96. The minimum atomic E-state index is -1.33. The third kappa shape index (κ3) is 11.9. The Hall–Kier alpha value is -4.80. The maximum absolute atomic E-state index is 14.0. The molecular weight excluding hydrogens is 666 g/mol. The quantitative estimate of drug-likeness (QED) is 0.0745. The lowest BCUT2D eigenvalue weighted by atomic mass is 9.87. The summed E-state index contributed by atoms with van der Waals surface area (Å²) in [6, 6.07) is 9.24. The fourth-order valence-corrected chi connectivity index (χ4v) is 5.54. The van der Waals surface area contributed by atoms with E-state index in [4.69, 9.17) is 23.7 Å². The van der Waals surface area contributed by atoms with E-state index in [0.717, 1.165) is 11.1 Å². The number of esters is 2. The Balaban J connectivity index is 1.87. The van der Waals surface area contributed by atoms with Crippen molar-refractivity contribution < 1.29 is 48.0 Å². The van der Waals surface area contributed by atoms with Gasteiger partial charge in [-0.25, -0.2) is 9.59 Å². The molecule has 2 atom stereocenters. The number of aromatic hydroxyl groups is 1. The first-order chi connectivity index (χ1) is 24.6. The van der Waals surface area contributed by atoms with Crippen LogP contribution in [0.1, 0.15) is 84.5 Å². The SMILES string of the molecule is C=C(COc1cc(O)cc([C@@H](CCc2ccc(OC)c(OC)c2)OC(=O)[C@@H]2CCCCN2C(=O)C(=O)C(C)(C)COC(=O)C=CC(C)C)c1)C(C)C. The zero-order chi connectivity index (χ0) is 38.6. The van der Waals surface area contributed by atoms with E-state index in [-0.39, 0.29) is 37.3 Å². The van der Waals surface area contributed by atoms with Gasteiger partial charge in [-0.15, -0.1) is 0 Å². The van der Waals surface area contributed by atoms with Crippen molar-refractivity contribution in [1.29, 1.82) is 0 Å². The normalized spacial score (nSPS) is 15.3. The molecule has 1 N–H and O–H groups in total. The number of carbonyl (C=O) groups is 4. The Morgan fingerprint density at radius 2 is 1.71 bits per heavy atom. The van der Waals surface area contributed by atoms with Crippen molar-refractivity contribution in [3.63, 3.8) is 0 Å². The molecule has 52 heavy (non-hydrogen) atoms. The lowest BCUT2D eigenvalue weighted by molar-refractivity contribution is -0.165. The van der Waals surface area contributed by atoms with Gasteiger partial charge in [0, 0.05) is 18.7 Å². The van der Waals surface area contributed by atoms with Crippen LogP contribution < -0.4 is 14.2 Å². The molecular formula is C41H55NO10. The van der Waals surface area contributed by atoms with E-state index in [9.17, 15) is 24.3 Å². The van der Waals surface area contributed by atoms with Gasteiger partial charge in [0.15, 0.2) is 11.5 Å². The van der Waals surface area contributed by atoms with E-state index < -0.39 is 41.2 Å². The van der Waals surface area contributed by atoms with Gasteiger partial charge in [0.2, 0.25) is 5.78 Å². The van der Waals surface area contributed by atoms with Crippen molar-refractivity contribution in [3.8, 4) is 23.0 Å². The number of ether oxygens (including phenoxy) is 5. The van der Waals surface area contributed by atoms with Crippen LogP contribution in [-0.4, -0.2) is 73.7 Å². The second-order valence-corrected chi connectivity index (χ2v) is 14.4. The summed E-state index contributed by atoms with van der Waals surface area (Å²) in [6.07, 6.45) is 4.47. The average molecular weight is 722 g/mol. The van der Waals surface area contributed by atoms with Crippen molar-refractivity contribution >= 4 is 23.6 Å². The van der Waals surface area contributed by atoms with E-state index in [1.807, 2.05) is 39.8 Å². The van der Waals surface area contributed by atoms with Crippen molar-refractivity contribution in [2.45, 2.75) is 85.8 Å². The molecule has 0 aliphatic carbocycles. The molecule has 1 fully saturated rings. The number of Topliss-reactive ketones (excluding diaryl/α,β-unsaturated/α-hetero) is 1. The van der Waals surface area contributed by atoms with Crippen molar-refractivity contribution in [2.24, 2.45) is 17.3 Å². The lowest BCUT2D eigenvalue weighted by Gasteiger charge is -2.36. The van der Waals surface area contributed by atoms with Crippen molar-refractivity contribution in [3.05, 3.63) is 71.8 Å². The van der Waals surface area contributed by atoms with Crippen LogP contribution in [0, 0.1) is 17.3 Å². The fraction of sp³-hybridized carbons (Fsp3) is 0.512. The minimum Gasteiger partial charge on any atom is -0.508 e. The number of carbonyl (C=O) groups excluding carboxylic acids is 4. The molecule has 0 saturated carbocycles. The number of aryl methyl sites for hydroxylation is 1. The first-order valence-corrected chi connectivity index (χ1v) is 17.8. The standard InChI is InChI=1S/C41H55NO10/c1-26(2)13-18-37(44)51-25-41(6,7)38(45)39(46)42-19-11-10-12-33(42)40(47)52-34(16-14-29-15-17-35(48-8)36(20-29)49-9)30-21-31(43)23-32(22-30)50-24-28(5)27(3)4/h13,15,17-18,20-23,26-27,33-34,43H,5,10-12,14,16,19,24-25H2,1-4,6-9H3/t33-,34+/m0/s1. The van der Waals surface area contributed by atoms with Gasteiger partial charge in [-0.2, -0.15) is 0 Å². The molecule has 11 heteroatoms. The second kappa shape index (κ2) is 19.2. The number of hydrogen-bond acceptors (Lipinski definition) is 10. The first kappa shape index (κ1) is 41.6. The predicted molar refractivity (Wildman–Crippen MR) is 197 cm³/mol. The molecule has 0 aromatic heterocycles. The molecule has 1 amide bonds. The maximum atomic E-state index is 14.0. The highest BCUT2D eigenvalue weighted by molar-refractivity contribution is 6.38. The summed E-state index contributed by atoms with van der Waals surface area (Å²) >= 11 is 0. The molecule has 2 aromatic rings. The van der Waals surface area contributed by atoms with Gasteiger partial charge >= 0.3 is 11.9 Å². The van der Waals surface area contributed by atoms with E-state index in [1.54, 1.807) is 32.4 Å². The van der Waals surface area contributed by atoms with E-state index in [0.29, 0.717) is 54.9 Å². The number of piperidine rings is 1. The van der Waals surface area contributed by atoms with Gasteiger partial charge < -0.3 is 33.7 Å². The van der Waals surface area contributed by atoms with Crippen LogP contribution >= 0.6 is 0 Å². The third-order valence-corrected chi connectivity index (χ3v) is 8.96. The molecule has 1 aliphatic heterocycles. The Morgan fingerprint density at radius 1 is 1.00 bits per heavy atom. The molecule has 0 radical (unpaired) electrons. The van der Waals surface area contributed by atoms with E-state index in [1.165, 1.54) is 37.0 Å². The van der Waals surface area contributed by atoms with Gasteiger partial charge in [-0.3, -0.25) is 9.59 Å². The fourth-order valence-electron chi connectivity index (χ4n) is 5.54. The largest absolute Gasteiger partial charge is 0.508 e. The number of nitrogens with zero attached hydrogens (tertiary/aromatic N) is 1. The smallest absolute Gasteiger partial charge is 0.330 e. The number of likely N-dealkylation sites (tertiary alicyclic amines) is 1. The molecule has 1 aliphatic rings. The predicted octanol–water partition coefficient (Wildman–Crippen LogP) is 6.95. The number of allylic oxidation sites excluding steroid dienone is 1. The maximum Gasteiger partial charge on any atom is 0.330 e. The summed E-state index contributed by atoms with van der Waals surface area (Å²) in [5, 5.41) is 10.7. The summed E-state index contributed by atoms with van der Waals surface area (Å²) in [5.74, 6) is -1.09. The average Bonchev–Trinajstić information content (AvgIpc) is 3.12. The van der Waals surface area contributed by atoms with Gasteiger partial charge in [0.05, 0.1) is 19.6 Å². The number of benzene rings is 2. The number of phenols is 1. The highest BCUT2D eigenvalue weighted by Crippen LogP contribution is 2.34. The zero-order valence-corrected chi connectivity index (χ0v) is 31.9. The van der Waals surface area contributed by atoms with E-state index >= 15 is 0 Å². The summed E-state index contributed by atoms with van der Waals surface area (Å²) in [4.78, 5) is 54.7. The molecule has 11 nitrogen and oxygen atoms in total. The Kier molecular flexibility index (Phi) is 15.3. The number of phenolic OH excluding ortho intramolecular Hbond substituents is 1. The first-order valence-electron chi connectivity index (χ1n) is 17.8. The summed E-state index contributed by atoms with van der Waals surface area (Å²) in [6.45, 7) is 15.1. The van der Waals surface area contributed by atoms with Crippen LogP contribution in [0.4, 0.5) is 0 Å². The molecule has 0 unspecified atom stereocenters. The molecule has 0 spiro atoms. The minimum absolute atomic E-state index is 0.0717. The topological polar surface area (TPSA) is 138 Å². The number of amides is 1. The van der Waals surface area contributed by atoms with Gasteiger partial charge in [-0.05, 0) is 98.8 Å². The Labute approximate surface area is 307 Å². The number of hydrogen-bond donors (Lipinski definition) is 1. The van der Waals surface area contributed by atoms with Crippen LogP contribution in [-0.2, 0) is 35.1 Å². The van der Waals surface area contributed by atoms with Gasteiger partial charge in [-0.1, -0.05) is 46.4 Å². The molecule has 1 heterocycles. The van der Waals surface area contributed by atoms with Gasteiger partial charge in [0.25, 0.3) is 5.91 Å².